The van der Waals surface area contributed by atoms with Crippen molar-refractivity contribution in [1.29, 1.82) is 0 Å². The summed E-state index contributed by atoms with van der Waals surface area (Å²) in [5.74, 6) is 0.701. The number of halogens is 1. The fourth-order valence-electron chi connectivity index (χ4n) is 4.02. The van der Waals surface area contributed by atoms with Crippen LogP contribution in [0.15, 0.2) is 24.3 Å². The minimum Gasteiger partial charge on any atom is -0.348 e. The van der Waals surface area contributed by atoms with Crippen LogP contribution in [0.1, 0.15) is 43.0 Å². The molecule has 26 heavy (non-hydrogen) atoms. The summed E-state index contributed by atoms with van der Waals surface area (Å²) in [6, 6.07) is 7.50. The van der Waals surface area contributed by atoms with Crippen LogP contribution in [-0.4, -0.2) is 55.5 Å². The number of piperazine rings is 1. The Labute approximate surface area is 160 Å². The highest BCUT2D eigenvalue weighted by molar-refractivity contribution is 6.33. The standard InChI is InChI=1S/C20H28ClN3O2/c1-15-6-2-5-9-18(15)22-19(25)14-23-10-12-24(13-11-23)20(26)16-7-3-4-8-17(16)21/h3-4,7-8,15,18H,2,5-6,9-14H2,1H3,(H,22,25)/p+1/t15-,18-/m0/s1. The van der Waals surface area contributed by atoms with Crippen molar-refractivity contribution in [2.45, 2.75) is 38.6 Å². The molecule has 2 aliphatic rings. The number of carbonyl (C=O) groups excluding carboxylic acids is 2. The average molecular weight is 379 g/mol. The van der Waals surface area contributed by atoms with Crippen LogP contribution in [0.25, 0.3) is 0 Å². The highest BCUT2D eigenvalue weighted by Gasteiger charge is 2.28. The van der Waals surface area contributed by atoms with Gasteiger partial charge in [-0.2, -0.15) is 0 Å². The zero-order chi connectivity index (χ0) is 18.5. The topological polar surface area (TPSA) is 53.9 Å². The lowest BCUT2D eigenvalue weighted by atomic mass is 9.86. The third-order valence-electron chi connectivity index (χ3n) is 5.73. The van der Waals surface area contributed by atoms with Crippen LogP contribution >= 0.6 is 11.6 Å². The molecule has 1 aliphatic carbocycles. The molecular weight excluding hydrogens is 350 g/mol. The summed E-state index contributed by atoms with van der Waals surface area (Å²) < 4.78 is 0. The number of nitrogens with one attached hydrogen (secondary N) is 2. The summed E-state index contributed by atoms with van der Waals surface area (Å²) in [6.07, 6.45) is 4.80. The second kappa shape index (κ2) is 8.87. The van der Waals surface area contributed by atoms with E-state index in [-0.39, 0.29) is 11.8 Å². The lowest BCUT2D eigenvalue weighted by molar-refractivity contribution is -0.896. The molecule has 0 radical (unpaired) electrons. The van der Waals surface area contributed by atoms with Crippen LogP contribution in [0.2, 0.25) is 5.02 Å². The Hall–Kier alpha value is -1.59. The Morgan fingerprint density at radius 1 is 1.19 bits per heavy atom. The van der Waals surface area contributed by atoms with Gasteiger partial charge in [-0.3, -0.25) is 9.59 Å². The SMILES string of the molecule is C[C@H]1CCCC[C@@H]1NC(=O)C[NH+]1CCN(C(=O)c2ccccc2Cl)CC1. The summed E-state index contributed by atoms with van der Waals surface area (Å²) in [5, 5.41) is 3.72. The first-order chi connectivity index (χ1) is 12.5. The lowest BCUT2D eigenvalue weighted by Gasteiger charge is -2.33. The van der Waals surface area contributed by atoms with Crippen LogP contribution in [0.3, 0.4) is 0 Å². The lowest BCUT2D eigenvalue weighted by Crippen LogP contribution is -3.16. The quantitative estimate of drug-likeness (QED) is 0.831. The van der Waals surface area contributed by atoms with Crippen molar-refractivity contribution >= 4 is 23.4 Å². The second-order valence-electron chi connectivity index (χ2n) is 7.63. The summed E-state index contributed by atoms with van der Waals surface area (Å²) in [6.45, 7) is 5.64. The predicted molar refractivity (Wildman–Crippen MR) is 102 cm³/mol. The largest absolute Gasteiger partial charge is 0.348 e. The number of rotatable bonds is 4. The molecule has 0 spiro atoms. The number of nitrogens with zero attached hydrogens (tertiary/aromatic N) is 1. The van der Waals surface area contributed by atoms with E-state index in [1.54, 1.807) is 12.1 Å². The molecule has 1 aliphatic heterocycles. The zero-order valence-corrected chi connectivity index (χ0v) is 16.2. The maximum Gasteiger partial charge on any atom is 0.275 e. The molecule has 2 N–H and O–H groups in total. The van der Waals surface area contributed by atoms with Crippen molar-refractivity contribution in [2.75, 3.05) is 32.7 Å². The monoisotopic (exact) mass is 378 g/mol. The van der Waals surface area contributed by atoms with Crippen LogP contribution < -0.4 is 10.2 Å². The van der Waals surface area contributed by atoms with Crippen LogP contribution in [-0.2, 0) is 4.79 Å². The molecule has 142 valence electrons. The van der Waals surface area contributed by atoms with Crippen LogP contribution in [0.5, 0.6) is 0 Å². The fourth-order valence-corrected chi connectivity index (χ4v) is 4.24. The molecule has 1 heterocycles. The molecule has 6 heteroatoms. The van der Waals surface area contributed by atoms with Crippen LogP contribution in [0.4, 0.5) is 0 Å². The first kappa shape index (κ1) is 19.2. The van der Waals surface area contributed by atoms with Gasteiger partial charge in [0.1, 0.15) is 0 Å². The molecule has 2 atom stereocenters. The van der Waals surface area contributed by atoms with E-state index >= 15 is 0 Å². The number of benzene rings is 1. The van der Waals surface area contributed by atoms with Gasteiger partial charge in [0, 0.05) is 6.04 Å². The molecule has 0 aromatic heterocycles. The molecular formula is C20H29ClN3O2+. The molecule has 1 saturated carbocycles. The van der Waals surface area contributed by atoms with Crippen molar-refractivity contribution in [3.63, 3.8) is 0 Å². The number of quaternary nitrogens is 1. The molecule has 1 saturated heterocycles. The summed E-state index contributed by atoms with van der Waals surface area (Å²) in [7, 11) is 0. The van der Waals surface area contributed by atoms with Crippen LogP contribution in [0, 0.1) is 5.92 Å². The number of hydrogen-bond acceptors (Lipinski definition) is 2. The normalized spacial score (nSPS) is 24.3. The zero-order valence-electron chi connectivity index (χ0n) is 15.5. The predicted octanol–water partition coefficient (Wildman–Crippen LogP) is 1.38. The van der Waals surface area contributed by atoms with E-state index in [4.69, 9.17) is 11.6 Å². The molecule has 5 nitrogen and oxygen atoms in total. The van der Waals surface area contributed by atoms with Gasteiger partial charge in [-0.05, 0) is 30.9 Å². The van der Waals surface area contributed by atoms with E-state index in [9.17, 15) is 9.59 Å². The van der Waals surface area contributed by atoms with Gasteiger partial charge in [-0.1, -0.05) is 43.5 Å². The fraction of sp³-hybridized carbons (Fsp3) is 0.600. The van der Waals surface area contributed by atoms with E-state index in [1.807, 2.05) is 17.0 Å². The minimum absolute atomic E-state index is 0.0184. The van der Waals surface area contributed by atoms with E-state index in [0.29, 0.717) is 42.2 Å². The summed E-state index contributed by atoms with van der Waals surface area (Å²) in [4.78, 5) is 28.1. The number of hydrogen-bond donors (Lipinski definition) is 2. The van der Waals surface area contributed by atoms with E-state index in [1.165, 1.54) is 24.2 Å². The molecule has 0 unspecified atom stereocenters. The van der Waals surface area contributed by atoms with Crippen molar-refractivity contribution in [3.8, 4) is 0 Å². The smallest absolute Gasteiger partial charge is 0.275 e. The van der Waals surface area contributed by atoms with Gasteiger partial charge in [0.25, 0.3) is 11.8 Å². The Kier molecular flexibility index (Phi) is 6.54. The maximum atomic E-state index is 12.6. The Morgan fingerprint density at radius 2 is 1.88 bits per heavy atom. The second-order valence-corrected chi connectivity index (χ2v) is 8.04. The van der Waals surface area contributed by atoms with Gasteiger partial charge in [0.15, 0.2) is 6.54 Å². The number of carbonyl (C=O) groups is 2. The first-order valence-electron chi connectivity index (χ1n) is 9.71. The van der Waals surface area contributed by atoms with Gasteiger partial charge in [0.05, 0.1) is 36.8 Å². The van der Waals surface area contributed by atoms with Gasteiger partial charge >= 0.3 is 0 Å². The van der Waals surface area contributed by atoms with Gasteiger partial charge in [-0.15, -0.1) is 0 Å². The molecule has 3 rings (SSSR count). The highest BCUT2D eigenvalue weighted by Crippen LogP contribution is 2.23. The third kappa shape index (κ3) is 4.77. The maximum absolute atomic E-state index is 12.6. The average Bonchev–Trinajstić information content (AvgIpc) is 2.64. The van der Waals surface area contributed by atoms with Gasteiger partial charge < -0.3 is 15.1 Å². The summed E-state index contributed by atoms with van der Waals surface area (Å²) in [5.41, 5.74) is 0.557. The Morgan fingerprint density at radius 3 is 2.58 bits per heavy atom. The minimum atomic E-state index is -0.0184. The molecule has 1 aromatic carbocycles. The Bertz CT molecular complexity index is 644. The Balaban J connectivity index is 1.45. The van der Waals surface area contributed by atoms with Gasteiger partial charge in [0.2, 0.25) is 0 Å². The third-order valence-corrected chi connectivity index (χ3v) is 6.06. The van der Waals surface area contributed by atoms with Crippen molar-refractivity contribution in [3.05, 3.63) is 34.9 Å². The van der Waals surface area contributed by atoms with Crippen molar-refractivity contribution in [1.82, 2.24) is 10.2 Å². The molecule has 2 amide bonds. The van der Waals surface area contributed by atoms with Crippen molar-refractivity contribution in [2.24, 2.45) is 5.92 Å². The summed E-state index contributed by atoms with van der Waals surface area (Å²) >= 11 is 6.13. The van der Waals surface area contributed by atoms with Crippen molar-refractivity contribution < 1.29 is 14.5 Å². The molecule has 2 fully saturated rings. The van der Waals surface area contributed by atoms with E-state index in [0.717, 1.165) is 19.5 Å². The molecule has 0 bridgehead atoms. The van der Waals surface area contributed by atoms with Gasteiger partial charge in [-0.25, -0.2) is 0 Å². The van der Waals surface area contributed by atoms with E-state index < -0.39 is 0 Å². The number of amides is 2. The highest BCUT2D eigenvalue weighted by atomic mass is 35.5. The first-order valence-corrected chi connectivity index (χ1v) is 10.1. The molecule has 1 aromatic rings. The van der Waals surface area contributed by atoms with E-state index in [2.05, 4.69) is 12.2 Å².